The lowest BCUT2D eigenvalue weighted by molar-refractivity contribution is -0.143. The summed E-state index contributed by atoms with van der Waals surface area (Å²) in [5, 5.41) is 26.7. The van der Waals surface area contributed by atoms with Gasteiger partial charge >= 0.3 is 11.9 Å². The van der Waals surface area contributed by atoms with E-state index in [1.54, 1.807) is 0 Å². The van der Waals surface area contributed by atoms with E-state index in [-0.39, 0.29) is 24.8 Å². The van der Waals surface area contributed by atoms with Gasteiger partial charge in [-0.25, -0.2) is 0 Å². The van der Waals surface area contributed by atoms with Gasteiger partial charge in [0, 0.05) is 18.2 Å². The third kappa shape index (κ3) is 10.7. The molecule has 1 aliphatic rings. The van der Waals surface area contributed by atoms with Gasteiger partial charge in [-0.2, -0.15) is 0 Å². The van der Waals surface area contributed by atoms with Crippen LogP contribution >= 0.6 is 11.6 Å². The molecule has 0 bridgehead atoms. The molecule has 0 radical (unpaired) electrons. The fraction of sp³-hybridized carbons (Fsp3) is 0.483. The Morgan fingerprint density at radius 3 is 2.11 bits per heavy atom. The smallest absolute Gasteiger partial charge is 0.303 e. The van der Waals surface area contributed by atoms with E-state index in [0.717, 1.165) is 67.9 Å². The van der Waals surface area contributed by atoms with Crippen molar-refractivity contribution in [1.29, 1.82) is 0 Å². The van der Waals surface area contributed by atoms with E-state index in [0.29, 0.717) is 12.1 Å². The molecule has 1 heterocycles. The standard InChI is InChI=1S/C25H34ClN3O.C4H6O4/c1-3-5-21(6-4-2)29-25(30)20-9-7-18(8-10-20)17-28-24-22-14-16-27-15-13-19(22)11-12-23(24)26;5-3(6)1-2-4(7)8/h7-12,21,27-28H,3-6,13-17H2,1-2H3,(H,29,30);1-2H2,(H,5,6)(H,7,8). The van der Waals surface area contributed by atoms with E-state index < -0.39 is 11.9 Å². The number of hydrogen-bond acceptors (Lipinski definition) is 5. The second-order valence-electron chi connectivity index (χ2n) is 9.40. The summed E-state index contributed by atoms with van der Waals surface area (Å²) in [4.78, 5) is 31.9. The maximum atomic E-state index is 12.6. The minimum Gasteiger partial charge on any atom is -0.481 e. The number of carbonyl (C=O) groups excluding carboxylic acids is 1. The van der Waals surface area contributed by atoms with Gasteiger partial charge in [-0.15, -0.1) is 0 Å². The van der Waals surface area contributed by atoms with Crippen molar-refractivity contribution in [1.82, 2.24) is 10.6 Å². The van der Waals surface area contributed by atoms with Crippen LogP contribution in [-0.2, 0) is 29.0 Å². The van der Waals surface area contributed by atoms with E-state index in [9.17, 15) is 14.4 Å². The summed E-state index contributed by atoms with van der Waals surface area (Å²) in [6, 6.07) is 12.3. The van der Waals surface area contributed by atoms with Crippen LogP contribution in [-0.4, -0.2) is 47.2 Å². The lowest BCUT2D eigenvalue weighted by atomic mass is 10.0. The molecule has 2 aromatic carbocycles. The van der Waals surface area contributed by atoms with E-state index in [1.807, 2.05) is 30.3 Å². The molecular weight excluding hydrogens is 506 g/mol. The van der Waals surface area contributed by atoms with Crippen molar-refractivity contribution in [2.24, 2.45) is 0 Å². The monoisotopic (exact) mass is 545 g/mol. The van der Waals surface area contributed by atoms with Crippen LogP contribution in [0.3, 0.4) is 0 Å². The Kier molecular flexibility index (Phi) is 13.7. The Labute approximate surface area is 230 Å². The summed E-state index contributed by atoms with van der Waals surface area (Å²) in [7, 11) is 0. The molecule has 0 atom stereocenters. The average Bonchev–Trinajstić information content (AvgIpc) is 3.14. The Morgan fingerprint density at radius 2 is 1.53 bits per heavy atom. The minimum atomic E-state index is -1.08. The summed E-state index contributed by atoms with van der Waals surface area (Å²) < 4.78 is 0. The number of carboxylic acid groups (broad SMARTS) is 2. The Hall–Kier alpha value is -3.10. The Bertz CT molecular complexity index is 1040. The topological polar surface area (TPSA) is 128 Å². The number of amides is 1. The van der Waals surface area contributed by atoms with Crippen molar-refractivity contribution >= 4 is 35.1 Å². The quantitative estimate of drug-likeness (QED) is 0.245. The zero-order valence-electron chi connectivity index (χ0n) is 22.3. The normalized spacial score (nSPS) is 12.5. The first kappa shape index (κ1) is 31.1. The summed E-state index contributed by atoms with van der Waals surface area (Å²) in [5.74, 6) is -2.13. The fourth-order valence-electron chi connectivity index (χ4n) is 4.37. The second-order valence-corrected chi connectivity index (χ2v) is 9.80. The first-order valence-corrected chi connectivity index (χ1v) is 13.7. The number of nitrogens with one attached hydrogen (secondary N) is 3. The predicted molar refractivity (Wildman–Crippen MR) is 151 cm³/mol. The minimum absolute atomic E-state index is 0.0188. The average molecular weight is 546 g/mol. The number of hydrogen-bond donors (Lipinski definition) is 5. The second kappa shape index (κ2) is 16.7. The third-order valence-electron chi connectivity index (χ3n) is 6.33. The molecule has 0 aliphatic carbocycles. The summed E-state index contributed by atoms with van der Waals surface area (Å²) in [6.07, 6.45) is 5.63. The highest BCUT2D eigenvalue weighted by molar-refractivity contribution is 6.33. The molecule has 0 saturated carbocycles. The fourth-order valence-corrected chi connectivity index (χ4v) is 4.61. The number of carbonyl (C=O) groups is 3. The maximum Gasteiger partial charge on any atom is 0.303 e. The molecule has 0 spiro atoms. The molecule has 38 heavy (non-hydrogen) atoms. The first-order chi connectivity index (χ1) is 18.2. The Balaban J connectivity index is 0.000000550. The zero-order valence-corrected chi connectivity index (χ0v) is 23.1. The predicted octanol–water partition coefficient (Wildman–Crippen LogP) is 5.27. The summed E-state index contributed by atoms with van der Waals surface area (Å²) in [6.45, 7) is 6.98. The van der Waals surface area contributed by atoms with Crippen LogP contribution in [0.5, 0.6) is 0 Å². The number of anilines is 1. The van der Waals surface area contributed by atoms with E-state index >= 15 is 0 Å². The van der Waals surface area contributed by atoms with Crippen LogP contribution in [0.15, 0.2) is 36.4 Å². The lowest BCUT2D eigenvalue weighted by Gasteiger charge is -2.18. The molecule has 0 saturated heterocycles. The molecule has 0 fully saturated rings. The third-order valence-corrected chi connectivity index (χ3v) is 6.64. The molecule has 3 rings (SSSR count). The zero-order chi connectivity index (χ0) is 27.9. The number of halogens is 1. The highest BCUT2D eigenvalue weighted by Gasteiger charge is 2.15. The van der Waals surface area contributed by atoms with Gasteiger partial charge in [0.25, 0.3) is 5.91 Å². The maximum absolute atomic E-state index is 12.6. The van der Waals surface area contributed by atoms with Crippen molar-refractivity contribution in [2.45, 2.75) is 77.8 Å². The van der Waals surface area contributed by atoms with Crippen LogP contribution in [0.4, 0.5) is 5.69 Å². The molecule has 1 amide bonds. The molecule has 2 aromatic rings. The number of fused-ring (bicyclic) bond motifs is 1. The molecule has 1 aliphatic heterocycles. The summed E-state index contributed by atoms with van der Waals surface area (Å²) in [5.41, 5.74) is 5.58. The van der Waals surface area contributed by atoms with Gasteiger partial charge in [0.05, 0.1) is 23.6 Å². The first-order valence-electron chi connectivity index (χ1n) is 13.3. The van der Waals surface area contributed by atoms with Crippen LogP contribution in [0.25, 0.3) is 0 Å². The number of carboxylic acids is 2. The van der Waals surface area contributed by atoms with Gasteiger partial charge in [-0.3, -0.25) is 14.4 Å². The van der Waals surface area contributed by atoms with Gasteiger partial charge in [-0.05, 0) is 73.7 Å². The molecule has 9 heteroatoms. The van der Waals surface area contributed by atoms with Gasteiger partial charge in [-0.1, -0.05) is 56.5 Å². The molecule has 0 aromatic heterocycles. The molecule has 208 valence electrons. The number of aliphatic carboxylic acids is 2. The highest BCUT2D eigenvalue weighted by Crippen LogP contribution is 2.31. The van der Waals surface area contributed by atoms with Crippen LogP contribution in [0.1, 0.15) is 79.4 Å². The van der Waals surface area contributed by atoms with Crippen LogP contribution < -0.4 is 16.0 Å². The molecule has 5 N–H and O–H groups in total. The van der Waals surface area contributed by atoms with E-state index in [2.05, 4.69) is 35.9 Å². The largest absolute Gasteiger partial charge is 0.481 e. The van der Waals surface area contributed by atoms with Crippen LogP contribution in [0.2, 0.25) is 5.02 Å². The molecule has 0 unspecified atom stereocenters. The van der Waals surface area contributed by atoms with Gasteiger partial charge in [0.1, 0.15) is 0 Å². The van der Waals surface area contributed by atoms with Crippen molar-refractivity contribution in [3.8, 4) is 0 Å². The van der Waals surface area contributed by atoms with Crippen molar-refractivity contribution in [3.63, 3.8) is 0 Å². The number of benzene rings is 2. The van der Waals surface area contributed by atoms with Crippen molar-refractivity contribution in [3.05, 3.63) is 63.7 Å². The SMILES string of the molecule is CCCC(CCC)NC(=O)c1ccc(CNc2c(Cl)ccc3c2CCNCC3)cc1.O=C(O)CCC(=O)O. The van der Waals surface area contributed by atoms with Gasteiger partial charge < -0.3 is 26.2 Å². The molecular formula is C29H40ClN3O5. The van der Waals surface area contributed by atoms with E-state index in [4.69, 9.17) is 21.8 Å². The van der Waals surface area contributed by atoms with Gasteiger partial charge in [0.15, 0.2) is 0 Å². The highest BCUT2D eigenvalue weighted by atomic mass is 35.5. The Morgan fingerprint density at radius 1 is 0.921 bits per heavy atom. The van der Waals surface area contributed by atoms with Crippen molar-refractivity contribution < 1.29 is 24.6 Å². The number of rotatable bonds is 12. The van der Waals surface area contributed by atoms with Crippen LogP contribution in [0, 0.1) is 0 Å². The van der Waals surface area contributed by atoms with Gasteiger partial charge in [0.2, 0.25) is 0 Å². The van der Waals surface area contributed by atoms with E-state index in [1.165, 1.54) is 11.1 Å². The van der Waals surface area contributed by atoms with Crippen molar-refractivity contribution in [2.75, 3.05) is 18.4 Å². The lowest BCUT2D eigenvalue weighted by Crippen LogP contribution is -2.34. The summed E-state index contributed by atoms with van der Waals surface area (Å²) >= 11 is 6.51. The molecule has 8 nitrogen and oxygen atoms in total.